The summed E-state index contributed by atoms with van der Waals surface area (Å²) in [5.41, 5.74) is 1.28. The van der Waals surface area contributed by atoms with Crippen LogP contribution < -0.4 is 15.0 Å². The van der Waals surface area contributed by atoms with E-state index in [1.54, 1.807) is 7.11 Å². The van der Waals surface area contributed by atoms with Crippen LogP contribution in [0.5, 0.6) is 5.75 Å². The van der Waals surface area contributed by atoms with Crippen LogP contribution in [0.15, 0.2) is 36.5 Å². The number of nitrogens with zero attached hydrogens (tertiary/aromatic N) is 3. The van der Waals surface area contributed by atoms with Crippen LogP contribution >= 0.6 is 0 Å². The van der Waals surface area contributed by atoms with Gasteiger partial charge in [-0.25, -0.2) is 4.98 Å². The van der Waals surface area contributed by atoms with E-state index in [9.17, 15) is 0 Å². The molecule has 1 aromatic carbocycles. The van der Waals surface area contributed by atoms with E-state index in [-0.39, 0.29) is 0 Å². The summed E-state index contributed by atoms with van der Waals surface area (Å²) in [6.45, 7) is 2.98. The maximum Gasteiger partial charge on any atom is 0.227 e. The molecule has 0 aliphatic carbocycles. The van der Waals surface area contributed by atoms with Gasteiger partial charge in [-0.05, 0) is 43.0 Å². The van der Waals surface area contributed by atoms with Gasteiger partial charge in [0.2, 0.25) is 5.95 Å². The first kappa shape index (κ1) is 16.6. The van der Waals surface area contributed by atoms with Crippen molar-refractivity contribution in [3.05, 3.63) is 42.1 Å². The van der Waals surface area contributed by atoms with E-state index in [0.29, 0.717) is 0 Å². The molecule has 2 aromatic rings. The molecule has 24 heavy (non-hydrogen) atoms. The van der Waals surface area contributed by atoms with Gasteiger partial charge in [-0.3, -0.25) is 0 Å². The van der Waals surface area contributed by atoms with E-state index < -0.39 is 0 Å². The van der Waals surface area contributed by atoms with Crippen molar-refractivity contribution in [2.45, 2.75) is 32.1 Å². The molecule has 1 saturated heterocycles. The van der Waals surface area contributed by atoms with Gasteiger partial charge in [0.15, 0.2) is 0 Å². The molecule has 0 radical (unpaired) electrons. The van der Waals surface area contributed by atoms with Gasteiger partial charge in [-0.2, -0.15) is 4.98 Å². The average Bonchev–Trinajstić information content (AvgIpc) is 2.92. The van der Waals surface area contributed by atoms with Crippen molar-refractivity contribution >= 4 is 11.8 Å². The largest absolute Gasteiger partial charge is 0.497 e. The Balaban J connectivity index is 1.54. The Morgan fingerprint density at radius 1 is 1.04 bits per heavy atom. The molecule has 5 nitrogen and oxygen atoms in total. The maximum absolute atomic E-state index is 5.19. The van der Waals surface area contributed by atoms with Crippen LogP contribution in [0.3, 0.4) is 0 Å². The molecule has 0 saturated carbocycles. The predicted molar refractivity (Wildman–Crippen MR) is 97.9 cm³/mol. The van der Waals surface area contributed by atoms with Gasteiger partial charge in [-0.1, -0.05) is 25.0 Å². The lowest BCUT2D eigenvalue weighted by Crippen LogP contribution is -2.26. The predicted octanol–water partition coefficient (Wildman–Crippen LogP) is 3.52. The van der Waals surface area contributed by atoms with Crippen LogP contribution in [0, 0.1) is 0 Å². The second-order valence-corrected chi connectivity index (χ2v) is 6.17. The van der Waals surface area contributed by atoms with Crippen LogP contribution in [0.2, 0.25) is 0 Å². The Bertz CT molecular complexity index is 622. The van der Waals surface area contributed by atoms with E-state index in [1.807, 2.05) is 24.4 Å². The highest BCUT2D eigenvalue weighted by Gasteiger charge is 2.12. The van der Waals surface area contributed by atoms with Crippen molar-refractivity contribution in [3.63, 3.8) is 0 Å². The number of hydrogen-bond donors (Lipinski definition) is 1. The van der Waals surface area contributed by atoms with E-state index >= 15 is 0 Å². The number of aromatic nitrogens is 2. The first-order chi connectivity index (χ1) is 11.8. The lowest BCUT2D eigenvalue weighted by molar-refractivity contribution is 0.414. The molecule has 1 fully saturated rings. The summed E-state index contributed by atoms with van der Waals surface area (Å²) in [6.07, 6.45) is 7.90. The molecular formula is C19H26N4O. The zero-order valence-electron chi connectivity index (χ0n) is 14.4. The van der Waals surface area contributed by atoms with Crippen molar-refractivity contribution in [3.8, 4) is 5.75 Å². The van der Waals surface area contributed by atoms with Gasteiger partial charge < -0.3 is 15.0 Å². The van der Waals surface area contributed by atoms with Crippen molar-refractivity contribution in [1.82, 2.24) is 9.97 Å². The second kappa shape index (κ2) is 8.52. The molecule has 1 aromatic heterocycles. The molecule has 0 spiro atoms. The molecule has 2 heterocycles. The quantitative estimate of drug-likeness (QED) is 0.880. The Morgan fingerprint density at radius 2 is 1.79 bits per heavy atom. The minimum absolute atomic E-state index is 0.850. The summed E-state index contributed by atoms with van der Waals surface area (Å²) >= 11 is 0. The summed E-state index contributed by atoms with van der Waals surface area (Å²) in [5.74, 6) is 2.65. The second-order valence-electron chi connectivity index (χ2n) is 6.17. The SMILES string of the molecule is COc1ccc(CCNc2ccnc(N3CCCCCC3)n2)cc1. The highest BCUT2D eigenvalue weighted by atomic mass is 16.5. The third-order valence-electron chi connectivity index (χ3n) is 4.41. The van der Waals surface area contributed by atoms with Crippen molar-refractivity contribution in [2.24, 2.45) is 0 Å². The van der Waals surface area contributed by atoms with Crippen LogP contribution in [-0.4, -0.2) is 36.7 Å². The maximum atomic E-state index is 5.19. The summed E-state index contributed by atoms with van der Waals surface area (Å²) in [7, 11) is 1.69. The third-order valence-corrected chi connectivity index (χ3v) is 4.41. The van der Waals surface area contributed by atoms with Crippen LogP contribution in [0.1, 0.15) is 31.2 Å². The fourth-order valence-electron chi connectivity index (χ4n) is 3.00. The summed E-state index contributed by atoms with van der Waals surface area (Å²) < 4.78 is 5.19. The molecule has 0 unspecified atom stereocenters. The summed E-state index contributed by atoms with van der Waals surface area (Å²) in [5, 5.41) is 3.41. The van der Waals surface area contributed by atoms with Crippen LogP contribution in [0.25, 0.3) is 0 Å². The molecule has 0 bridgehead atoms. The fraction of sp³-hybridized carbons (Fsp3) is 0.474. The zero-order chi connectivity index (χ0) is 16.6. The molecule has 0 amide bonds. The minimum Gasteiger partial charge on any atom is -0.497 e. The van der Waals surface area contributed by atoms with Gasteiger partial charge in [-0.15, -0.1) is 0 Å². The topological polar surface area (TPSA) is 50.3 Å². The van der Waals surface area contributed by atoms with Crippen molar-refractivity contribution in [1.29, 1.82) is 0 Å². The number of hydrogen-bond acceptors (Lipinski definition) is 5. The smallest absolute Gasteiger partial charge is 0.227 e. The summed E-state index contributed by atoms with van der Waals surface area (Å²) in [4.78, 5) is 11.4. The number of anilines is 2. The van der Waals surface area contributed by atoms with E-state index in [0.717, 1.165) is 43.6 Å². The first-order valence-electron chi connectivity index (χ1n) is 8.80. The third kappa shape index (κ3) is 4.60. The van der Waals surface area contributed by atoms with Crippen molar-refractivity contribution < 1.29 is 4.74 Å². The number of methoxy groups -OCH3 is 1. The Morgan fingerprint density at radius 3 is 2.50 bits per heavy atom. The van der Waals surface area contributed by atoms with E-state index in [4.69, 9.17) is 4.74 Å². The molecule has 1 aliphatic rings. The first-order valence-corrected chi connectivity index (χ1v) is 8.80. The molecule has 0 atom stereocenters. The Hall–Kier alpha value is -2.30. The lowest BCUT2D eigenvalue weighted by atomic mass is 10.1. The Kier molecular flexibility index (Phi) is 5.88. The molecule has 1 aliphatic heterocycles. The van der Waals surface area contributed by atoms with Crippen molar-refractivity contribution in [2.75, 3.05) is 37.0 Å². The van der Waals surface area contributed by atoms with Crippen LogP contribution in [-0.2, 0) is 6.42 Å². The van der Waals surface area contributed by atoms with Crippen LogP contribution in [0.4, 0.5) is 11.8 Å². The molecule has 5 heteroatoms. The van der Waals surface area contributed by atoms with E-state index in [1.165, 1.54) is 31.2 Å². The molecule has 1 N–H and O–H groups in total. The zero-order valence-corrected chi connectivity index (χ0v) is 14.4. The highest BCUT2D eigenvalue weighted by Crippen LogP contribution is 2.17. The molecular weight excluding hydrogens is 300 g/mol. The monoisotopic (exact) mass is 326 g/mol. The van der Waals surface area contributed by atoms with Gasteiger partial charge >= 0.3 is 0 Å². The standard InChI is InChI=1S/C19H26N4O/c1-24-17-8-6-16(7-9-17)10-12-20-18-11-13-21-19(22-18)23-14-4-2-3-5-15-23/h6-9,11,13H,2-5,10,12,14-15H2,1H3,(H,20,21,22). The minimum atomic E-state index is 0.850. The number of nitrogens with one attached hydrogen (secondary N) is 1. The molecule has 3 rings (SSSR count). The summed E-state index contributed by atoms with van der Waals surface area (Å²) in [6, 6.07) is 10.1. The van der Waals surface area contributed by atoms with Gasteiger partial charge in [0, 0.05) is 25.8 Å². The number of benzene rings is 1. The number of rotatable bonds is 6. The number of ether oxygens (including phenoxy) is 1. The van der Waals surface area contributed by atoms with Gasteiger partial charge in [0.1, 0.15) is 11.6 Å². The van der Waals surface area contributed by atoms with Gasteiger partial charge in [0.05, 0.1) is 7.11 Å². The lowest BCUT2D eigenvalue weighted by Gasteiger charge is -2.20. The molecule has 128 valence electrons. The normalized spacial score (nSPS) is 15.0. The Labute approximate surface area is 144 Å². The highest BCUT2D eigenvalue weighted by molar-refractivity contribution is 5.41. The van der Waals surface area contributed by atoms with E-state index in [2.05, 4.69) is 32.3 Å². The fourth-order valence-corrected chi connectivity index (χ4v) is 3.00. The van der Waals surface area contributed by atoms with Gasteiger partial charge in [0.25, 0.3) is 0 Å². The average molecular weight is 326 g/mol.